The van der Waals surface area contributed by atoms with Crippen molar-refractivity contribution in [3.05, 3.63) is 65.2 Å². The minimum Gasteiger partial charge on any atom is -0.465 e. The fourth-order valence-electron chi connectivity index (χ4n) is 3.95. The molecule has 28 heavy (non-hydrogen) atoms. The normalized spacial score (nSPS) is 15.2. The molecule has 0 saturated carbocycles. The zero-order valence-corrected chi connectivity index (χ0v) is 15.5. The number of piperidine rings is 1. The van der Waals surface area contributed by atoms with Crippen molar-refractivity contribution in [2.75, 3.05) is 13.1 Å². The molecule has 1 aliphatic rings. The number of carbonyl (C=O) groups excluding carboxylic acids is 1. The molecule has 0 radical (unpaired) electrons. The Morgan fingerprint density at radius 1 is 1.14 bits per heavy atom. The predicted molar refractivity (Wildman–Crippen MR) is 108 cm³/mol. The Hall–Kier alpha value is -2.61. The minimum absolute atomic E-state index is 0.0359. The van der Waals surface area contributed by atoms with Crippen LogP contribution in [-0.2, 0) is 6.54 Å². The van der Waals surface area contributed by atoms with Crippen molar-refractivity contribution >= 4 is 29.7 Å². The molecule has 0 atom stereocenters. The van der Waals surface area contributed by atoms with Crippen molar-refractivity contribution in [2.24, 2.45) is 5.73 Å². The Morgan fingerprint density at radius 3 is 2.61 bits per heavy atom. The SMILES string of the molecule is NCc1cccc(C2CCN(C(=O)c3cccc4oc(B(O)O)cc34)CC2)c1. The molecular formula is C21H23BN2O4. The fourth-order valence-corrected chi connectivity index (χ4v) is 3.95. The zero-order chi connectivity index (χ0) is 19.7. The van der Waals surface area contributed by atoms with E-state index in [0.717, 1.165) is 18.4 Å². The number of likely N-dealkylation sites (tertiary alicyclic amines) is 1. The standard InChI is InChI=1S/C21H23BN2O4/c23-13-14-3-1-4-16(11-14)15-7-9-24(10-8-15)21(25)17-5-2-6-19-18(17)12-20(28-19)22(26)27/h1-6,11-12,15,26-27H,7-10,13,23H2. The highest BCUT2D eigenvalue weighted by Crippen LogP contribution is 2.30. The lowest BCUT2D eigenvalue weighted by atomic mass is 9.87. The van der Waals surface area contributed by atoms with E-state index in [1.54, 1.807) is 18.2 Å². The second kappa shape index (κ2) is 7.79. The van der Waals surface area contributed by atoms with Gasteiger partial charge in [-0.3, -0.25) is 4.79 Å². The van der Waals surface area contributed by atoms with Gasteiger partial charge in [-0.2, -0.15) is 0 Å². The maximum Gasteiger partial charge on any atom is 0.526 e. The van der Waals surface area contributed by atoms with Crippen molar-refractivity contribution in [1.82, 2.24) is 4.90 Å². The summed E-state index contributed by atoms with van der Waals surface area (Å²) < 4.78 is 5.42. The van der Waals surface area contributed by atoms with E-state index >= 15 is 0 Å². The van der Waals surface area contributed by atoms with E-state index < -0.39 is 7.12 Å². The number of carbonyl (C=O) groups is 1. The highest BCUT2D eigenvalue weighted by molar-refractivity contribution is 6.57. The van der Waals surface area contributed by atoms with E-state index in [1.807, 2.05) is 17.0 Å². The van der Waals surface area contributed by atoms with Crippen molar-refractivity contribution in [2.45, 2.75) is 25.3 Å². The molecule has 1 amide bonds. The van der Waals surface area contributed by atoms with E-state index in [-0.39, 0.29) is 11.6 Å². The maximum atomic E-state index is 13.1. The molecule has 1 saturated heterocycles. The smallest absolute Gasteiger partial charge is 0.465 e. The molecule has 0 bridgehead atoms. The maximum absolute atomic E-state index is 13.1. The van der Waals surface area contributed by atoms with E-state index in [2.05, 4.69) is 12.1 Å². The number of nitrogens with zero attached hydrogens (tertiary/aromatic N) is 1. The third-order valence-electron chi connectivity index (χ3n) is 5.51. The van der Waals surface area contributed by atoms with Crippen LogP contribution in [0.5, 0.6) is 0 Å². The van der Waals surface area contributed by atoms with Gasteiger partial charge in [0, 0.05) is 25.0 Å². The topological polar surface area (TPSA) is 99.9 Å². The van der Waals surface area contributed by atoms with Gasteiger partial charge in [0.25, 0.3) is 5.91 Å². The molecule has 0 spiro atoms. The van der Waals surface area contributed by atoms with Gasteiger partial charge in [0.1, 0.15) is 11.2 Å². The summed E-state index contributed by atoms with van der Waals surface area (Å²) in [4.78, 5) is 14.9. The first kappa shape index (κ1) is 18.7. The molecule has 2 heterocycles. The molecule has 6 nitrogen and oxygen atoms in total. The summed E-state index contributed by atoms with van der Waals surface area (Å²) >= 11 is 0. The van der Waals surface area contributed by atoms with Gasteiger partial charge in [-0.1, -0.05) is 30.3 Å². The number of amides is 1. The van der Waals surface area contributed by atoms with Crippen molar-refractivity contribution < 1.29 is 19.3 Å². The molecule has 0 aliphatic carbocycles. The van der Waals surface area contributed by atoms with E-state index in [9.17, 15) is 14.8 Å². The van der Waals surface area contributed by atoms with Crippen molar-refractivity contribution in [3.63, 3.8) is 0 Å². The van der Waals surface area contributed by atoms with Gasteiger partial charge < -0.3 is 25.1 Å². The molecule has 3 aromatic rings. The summed E-state index contributed by atoms with van der Waals surface area (Å²) in [7, 11) is -1.70. The van der Waals surface area contributed by atoms with Crippen LogP contribution in [0.1, 0.15) is 40.2 Å². The second-order valence-electron chi connectivity index (χ2n) is 7.26. The molecule has 0 unspecified atom stereocenters. The van der Waals surface area contributed by atoms with Crippen LogP contribution in [0.3, 0.4) is 0 Å². The van der Waals surface area contributed by atoms with Crippen LogP contribution >= 0.6 is 0 Å². The second-order valence-corrected chi connectivity index (χ2v) is 7.26. The number of benzene rings is 2. The van der Waals surface area contributed by atoms with Crippen LogP contribution in [0.25, 0.3) is 11.0 Å². The van der Waals surface area contributed by atoms with Crippen LogP contribution < -0.4 is 11.4 Å². The summed E-state index contributed by atoms with van der Waals surface area (Å²) in [6, 6.07) is 15.1. The quantitative estimate of drug-likeness (QED) is 0.599. The third-order valence-corrected chi connectivity index (χ3v) is 5.51. The Labute approximate surface area is 163 Å². The van der Waals surface area contributed by atoms with E-state index in [1.165, 1.54) is 11.6 Å². The monoisotopic (exact) mass is 378 g/mol. The van der Waals surface area contributed by atoms with Crippen molar-refractivity contribution in [3.8, 4) is 0 Å². The average Bonchev–Trinajstić information content (AvgIpc) is 3.18. The molecule has 1 aromatic heterocycles. The van der Waals surface area contributed by atoms with Crippen LogP contribution in [-0.4, -0.2) is 41.1 Å². The molecule has 4 N–H and O–H groups in total. The number of rotatable bonds is 4. The number of fused-ring (bicyclic) bond motifs is 1. The summed E-state index contributed by atoms with van der Waals surface area (Å²) in [6.45, 7) is 1.89. The predicted octanol–water partition coefficient (Wildman–Crippen LogP) is 1.59. The highest BCUT2D eigenvalue weighted by atomic mass is 16.4. The first-order valence-corrected chi connectivity index (χ1v) is 9.53. The molecule has 4 rings (SSSR count). The molecule has 144 valence electrons. The van der Waals surface area contributed by atoms with E-state index in [0.29, 0.717) is 42.1 Å². The van der Waals surface area contributed by atoms with Crippen LogP contribution in [0.15, 0.2) is 52.9 Å². The van der Waals surface area contributed by atoms with E-state index in [4.69, 9.17) is 10.2 Å². The first-order valence-electron chi connectivity index (χ1n) is 9.53. The largest absolute Gasteiger partial charge is 0.526 e. The number of nitrogens with two attached hydrogens (primary N) is 1. The van der Waals surface area contributed by atoms with Gasteiger partial charge in [0.2, 0.25) is 0 Å². The first-order chi connectivity index (χ1) is 13.6. The summed E-state index contributed by atoms with van der Waals surface area (Å²) in [6.07, 6.45) is 1.81. The van der Waals surface area contributed by atoms with Crippen LogP contribution in [0.2, 0.25) is 0 Å². The van der Waals surface area contributed by atoms with Gasteiger partial charge in [0.15, 0.2) is 0 Å². The highest BCUT2D eigenvalue weighted by Gasteiger charge is 2.27. The molecule has 2 aromatic carbocycles. The van der Waals surface area contributed by atoms with Gasteiger partial charge in [-0.05, 0) is 48.1 Å². The molecular weight excluding hydrogens is 355 g/mol. The lowest BCUT2D eigenvalue weighted by molar-refractivity contribution is 0.0715. The third kappa shape index (κ3) is 3.56. The molecule has 1 aliphatic heterocycles. The van der Waals surface area contributed by atoms with Crippen molar-refractivity contribution in [1.29, 1.82) is 0 Å². The Kier molecular flexibility index (Phi) is 5.22. The number of hydrogen-bond acceptors (Lipinski definition) is 5. The summed E-state index contributed by atoms with van der Waals surface area (Å²) in [5.74, 6) is 0.371. The van der Waals surface area contributed by atoms with Gasteiger partial charge in [0.05, 0.1) is 5.56 Å². The van der Waals surface area contributed by atoms with Gasteiger partial charge >= 0.3 is 7.12 Å². The average molecular weight is 378 g/mol. The Morgan fingerprint density at radius 2 is 1.89 bits per heavy atom. The Balaban J connectivity index is 1.50. The van der Waals surface area contributed by atoms with Gasteiger partial charge in [-0.25, -0.2) is 0 Å². The summed E-state index contributed by atoms with van der Waals surface area (Å²) in [5, 5.41) is 19.3. The van der Waals surface area contributed by atoms with Crippen LogP contribution in [0, 0.1) is 0 Å². The lowest BCUT2D eigenvalue weighted by Crippen LogP contribution is -2.38. The number of furan rings is 1. The van der Waals surface area contributed by atoms with Crippen LogP contribution in [0.4, 0.5) is 0 Å². The molecule has 7 heteroatoms. The number of hydrogen-bond donors (Lipinski definition) is 3. The zero-order valence-electron chi connectivity index (χ0n) is 15.5. The minimum atomic E-state index is -1.70. The van der Waals surface area contributed by atoms with Gasteiger partial charge in [-0.15, -0.1) is 0 Å². The summed E-state index contributed by atoms with van der Waals surface area (Å²) in [5.41, 5.74) is 9.20. The fraction of sp³-hybridized carbons (Fsp3) is 0.286. The lowest BCUT2D eigenvalue weighted by Gasteiger charge is -2.32. The molecule has 1 fully saturated rings. The Bertz CT molecular complexity index is 993.